The first kappa shape index (κ1) is 23.7. The van der Waals surface area contributed by atoms with Gasteiger partial charge in [0.2, 0.25) is 11.8 Å². The quantitative estimate of drug-likeness (QED) is 0.550. The molecule has 2 amide bonds. The Morgan fingerprint density at radius 2 is 1.97 bits per heavy atom. The van der Waals surface area contributed by atoms with Gasteiger partial charge in [-0.15, -0.1) is 11.3 Å². The smallest absolute Gasteiger partial charge is 0.230 e. The Labute approximate surface area is 202 Å². The van der Waals surface area contributed by atoms with Crippen molar-refractivity contribution in [3.05, 3.63) is 53.2 Å². The van der Waals surface area contributed by atoms with E-state index in [1.165, 1.54) is 11.3 Å². The molecule has 0 radical (unpaired) electrons. The van der Waals surface area contributed by atoms with Crippen LogP contribution >= 0.6 is 11.3 Å². The average molecular weight is 481 g/mol. The number of thiazole rings is 1. The number of aromatic nitrogens is 2. The Bertz CT molecular complexity index is 1180. The minimum absolute atomic E-state index is 0.0182. The number of hydrogen-bond acceptors (Lipinski definition) is 7. The maximum atomic E-state index is 13.0. The molecule has 1 unspecified atom stereocenters. The molecule has 2 aromatic heterocycles. The fraction of sp³-hybridized carbons (Fsp3) is 0.360. The second-order valence-corrected chi connectivity index (χ2v) is 9.08. The van der Waals surface area contributed by atoms with Crippen molar-refractivity contribution in [1.29, 1.82) is 0 Å². The van der Waals surface area contributed by atoms with Gasteiger partial charge in [-0.1, -0.05) is 6.07 Å². The van der Waals surface area contributed by atoms with Crippen LogP contribution in [-0.2, 0) is 16.0 Å². The number of rotatable bonds is 7. The number of nitrogens with zero attached hydrogens (tertiary/aromatic N) is 3. The molecule has 0 saturated carbocycles. The van der Waals surface area contributed by atoms with Crippen molar-refractivity contribution in [2.24, 2.45) is 5.92 Å². The molecule has 4 rings (SSSR count). The van der Waals surface area contributed by atoms with Crippen LogP contribution in [0.25, 0.3) is 10.6 Å². The number of anilines is 1. The van der Waals surface area contributed by atoms with Gasteiger partial charge in [-0.3, -0.25) is 9.59 Å². The fourth-order valence-electron chi connectivity index (χ4n) is 4.02. The molecule has 0 aliphatic carbocycles. The van der Waals surface area contributed by atoms with Gasteiger partial charge in [0.05, 0.1) is 32.3 Å². The van der Waals surface area contributed by atoms with E-state index in [-0.39, 0.29) is 24.2 Å². The number of likely N-dealkylation sites (tertiary alicyclic amines) is 1. The number of methoxy groups -OCH3 is 2. The van der Waals surface area contributed by atoms with Gasteiger partial charge in [0.15, 0.2) is 11.5 Å². The molecule has 1 aromatic carbocycles. The van der Waals surface area contributed by atoms with Crippen molar-refractivity contribution in [3.8, 4) is 22.1 Å². The van der Waals surface area contributed by atoms with Crippen LogP contribution in [0.15, 0.2) is 41.8 Å². The van der Waals surface area contributed by atoms with E-state index in [1.807, 2.05) is 42.6 Å². The van der Waals surface area contributed by atoms with E-state index in [4.69, 9.17) is 9.47 Å². The van der Waals surface area contributed by atoms with E-state index in [1.54, 1.807) is 25.2 Å². The predicted molar refractivity (Wildman–Crippen MR) is 131 cm³/mol. The van der Waals surface area contributed by atoms with Crippen LogP contribution < -0.4 is 14.8 Å². The van der Waals surface area contributed by atoms with Crippen molar-refractivity contribution >= 4 is 29.0 Å². The van der Waals surface area contributed by atoms with Gasteiger partial charge in [-0.25, -0.2) is 9.97 Å². The lowest BCUT2D eigenvalue weighted by molar-refractivity contribution is -0.134. The summed E-state index contributed by atoms with van der Waals surface area (Å²) in [6.07, 6.45) is 1.75. The summed E-state index contributed by atoms with van der Waals surface area (Å²) in [5, 5.41) is 5.60. The minimum atomic E-state index is -0.252. The van der Waals surface area contributed by atoms with Gasteiger partial charge >= 0.3 is 0 Å². The van der Waals surface area contributed by atoms with Crippen molar-refractivity contribution in [2.75, 3.05) is 32.6 Å². The molecule has 1 N–H and O–H groups in total. The zero-order valence-electron chi connectivity index (χ0n) is 19.5. The zero-order valence-corrected chi connectivity index (χ0v) is 20.4. The topological polar surface area (TPSA) is 93.7 Å². The highest BCUT2D eigenvalue weighted by atomic mass is 32.1. The number of nitrogens with one attached hydrogen (secondary N) is 1. The second-order valence-electron chi connectivity index (χ2n) is 8.22. The molecule has 1 saturated heterocycles. The molecule has 178 valence electrons. The lowest BCUT2D eigenvalue weighted by atomic mass is 9.96. The number of carbonyl (C=O) groups is 2. The van der Waals surface area contributed by atoms with Gasteiger partial charge in [-0.2, -0.15) is 0 Å². The van der Waals surface area contributed by atoms with Crippen LogP contribution in [-0.4, -0.2) is 54.0 Å². The van der Waals surface area contributed by atoms with E-state index in [0.29, 0.717) is 30.4 Å². The molecule has 9 heteroatoms. The Morgan fingerprint density at radius 1 is 1.15 bits per heavy atom. The first-order valence-corrected chi connectivity index (χ1v) is 12.0. The van der Waals surface area contributed by atoms with Crippen LogP contribution in [0.5, 0.6) is 11.5 Å². The maximum Gasteiger partial charge on any atom is 0.230 e. The van der Waals surface area contributed by atoms with Gasteiger partial charge in [-0.05, 0) is 50.1 Å². The monoisotopic (exact) mass is 480 g/mol. The molecule has 1 fully saturated rings. The van der Waals surface area contributed by atoms with Crippen molar-refractivity contribution in [3.63, 3.8) is 0 Å². The summed E-state index contributed by atoms with van der Waals surface area (Å²) in [6, 6.07) is 11.1. The van der Waals surface area contributed by atoms with Crippen LogP contribution in [0.1, 0.15) is 24.2 Å². The summed E-state index contributed by atoms with van der Waals surface area (Å²) in [4.78, 5) is 36.5. The lowest BCUT2D eigenvalue weighted by Gasteiger charge is -2.32. The van der Waals surface area contributed by atoms with E-state index in [9.17, 15) is 9.59 Å². The molecule has 1 aliphatic heterocycles. The minimum Gasteiger partial charge on any atom is -0.493 e. The summed E-state index contributed by atoms with van der Waals surface area (Å²) in [6.45, 7) is 2.94. The zero-order chi connectivity index (χ0) is 24.1. The molecule has 0 bridgehead atoms. The first-order chi connectivity index (χ1) is 16.5. The SMILES string of the molecule is COc1ccc(-c2nc(CC(=O)N3CCCC(C(=O)Nc4cccc(C)n4)C3)cs2)cc1OC. The van der Waals surface area contributed by atoms with Crippen molar-refractivity contribution < 1.29 is 19.1 Å². The van der Waals surface area contributed by atoms with Crippen LogP contribution in [0, 0.1) is 12.8 Å². The first-order valence-electron chi connectivity index (χ1n) is 11.2. The number of hydrogen-bond donors (Lipinski definition) is 1. The number of amides is 2. The highest BCUT2D eigenvalue weighted by molar-refractivity contribution is 7.13. The Morgan fingerprint density at radius 3 is 2.74 bits per heavy atom. The summed E-state index contributed by atoms with van der Waals surface area (Å²) in [7, 11) is 3.19. The molecule has 8 nitrogen and oxygen atoms in total. The van der Waals surface area contributed by atoms with Gasteiger partial charge in [0, 0.05) is 29.7 Å². The third-order valence-electron chi connectivity index (χ3n) is 5.80. The summed E-state index contributed by atoms with van der Waals surface area (Å²) in [5.41, 5.74) is 2.46. The van der Waals surface area contributed by atoms with Gasteiger partial charge < -0.3 is 19.7 Å². The lowest BCUT2D eigenvalue weighted by Crippen LogP contribution is -2.44. The number of benzene rings is 1. The third-order valence-corrected chi connectivity index (χ3v) is 6.74. The number of ether oxygens (including phenoxy) is 2. The normalized spacial score (nSPS) is 15.6. The fourth-order valence-corrected chi connectivity index (χ4v) is 4.83. The molecule has 0 spiro atoms. The third kappa shape index (κ3) is 5.53. The second kappa shape index (κ2) is 10.6. The van der Waals surface area contributed by atoms with Crippen LogP contribution in [0.3, 0.4) is 0 Å². The predicted octanol–water partition coefficient (Wildman–Crippen LogP) is 3.95. The summed E-state index contributed by atoms with van der Waals surface area (Å²) in [5.74, 6) is 1.46. The molecule has 3 aromatic rings. The average Bonchev–Trinajstić information content (AvgIpc) is 3.32. The van der Waals surface area contributed by atoms with E-state index in [2.05, 4.69) is 15.3 Å². The molecule has 3 heterocycles. The highest BCUT2D eigenvalue weighted by Crippen LogP contribution is 2.33. The van der Waals surface area contributed by atoms with Crippen molar-refractivity contribution in [2.45, 2.75) is 26.2 Å². The van der Waals surface area contributed by atoms with E-state index in [0.717, 1.165) is 34.8 Å². The molecule has 1 atom stereocenters. The summed E-state index contributed by atoms with van der Waals surface area (Å²) < 4.78 is 10.7. The molecular formula is C25H28N4O4S. The Balaban J connectivity index is 1.37. The van der Waals surface area contributed by atoms with Crippen molar-refractivity contribution in [1.82, 2.24) is 14.9 Å². The van der Waals surface area contributed by atoms with Crippen LogP contribution in [0.4, 0.5) is 5.82 Å². The van der Waals surface area contributed by atoms with Crippen LogP contribution in [0.2, 0.25) is 0 Å². The highest BCUT2D eigenvalue weighted by Gasteiger charge is 2.29. The Kier molecular flexibility index (Phi) is 7.42. The molecule has 1 aliphatic rings. The summed E-state index contributed by atoms with van der Waals surface area (Å²) >= 11 is 1.48. The van der Waals surface area contributed by atoms with Gasteiger partial charge in [0.25, 0.3) is 0 Å². The maximum absolute atomic E-state index is 13.0. The van der Waals surface area contributed by atoms with E-state index < -0.39 is 0 Å². The molecular weight excluding hydrogens is 452 g/mol. The Hall–Kier alpha value is -3.46. The standard InChI is InChI=1S/C25H28N4O4S/c1-16-6-4-8-22(26-16)28-24(31)18-7-5-11-29(14-18)23(30)13-19-15-34-25(27-19)17-9-10-20(32-2)21(12-17)33-3/h4,6,8-10,12,15,18H,5,7,11,13-14H2,1-3H3,(H,26,28,31). The number of aryl methyl sites for hydroxylation is 1. The number of pyridine rings is 1. The molecule has 34 heavy (non-hydrogen) atoms. The number of carbonyl (C=O) groups excluding carboxylic acids is 2. The largest absolute Gasteiger partial charge is 0.493 e. The number of piperidine rings is 1. The van der Waals surface area contributed by atoms with Gasteiger partial charge in [0.1, 0.15) is 10.8 Å². The van der Waals surface area contributed by atoms with E-state index >= 15 is 0 Å².